The van der Waals surface area contributed by atoms with Crippen LogP contribution < -0.4 is 4.90 Å². The highest BCUT2D eigenvalue weighted by Crippen LogP contribution is 2.55. The standard InChI is InChI=1S/C48H34N2/c1-3-15-33(16-4-1)34-27-29-36(30-28-34)38-20-8-12-24-42(38)50-44-26-14-10-22-40(44)48-46(50)32-31-45-47(48)39-21-9-13-25-43(39)49(45)41-23-11-7-19-37(41)35-17-5-2-6-18-35/h1-32,46,48H. The molecule has 0 N–H and O–H groups in total. The molecule has 1 aromatic heterocycles. The molecule has 2 nitrogen and oxygen atoms in total. The largest absolute Gasteiger partial charge is 0.333 e. The lowest BCUT2D eigenvalue weighted by Gasteiger charge is -2.32. The van der Waals surface area contributed by atoms with Gasteiger partial charge in [-0.05, 0) is 63.7 Å². The Morgan fingerprint density at radius 3 is 1.68 bits per heavy atom. The van der Waals surface area contributed by atoms with Crippen molar-refractivity contribution in [2.75, 3.05) is 4.90 Å². The Hall–Kier alpha value is -6.38. The second-order valence-electron chi connectivity index (χ2n) is 13.3. The predicted molar refractivity (Wildman–Crippen MR) is 209 cm³/mol. The highest BCUT2D eigenvalue weighted by Gasteiger charge is 2.44. The van der Waals surface area contributed by atoms with Crippen molar-refractivity contribution in [3.63, 3.8) is 0 Å². The molecule has 236 valence electrons. The Morgan fingerprint density at radius 1 is 0.400 bits per heavy atom. The number of fused-ring (bicyclic) bond motifs is 7. The predicted octanol–water partition coefficient (Wildman–Crippen LogP) is 12.3. The summed E-state index contributed by atoms with van der Waals surface area (Å²) in [5.41, 5.74) is 16.3. The maximum absolute atomic E-state index is 2.59. The molecule has 2 heterocycles. The van der Waals surface area contributed by atoms with Crippen molar-refractivity contribution in [3.8, 4) is 39.1 Å². The molecule has 8 aromatic rings. The molecule has 50 heavy (non-hydrogen) atoms. The Balaban J connectivity index is 1.14. The van der Waals surface area contributed by atoms with E-state index in [9.17, 15) is 0 Å². The summed E-state index contributed by atoms with van der Waals surface area (Å²) in [7, 11) is 0. The Labute approximate surface area is 292 Å². The van der Waals surface area contributed by atoms with E-state index in [-0.39, 0.29) is 12.0 Å². The van der Waals surface area contributed by atoms with Gasteiger partial charge in [0.05, 0.1) is 22.9 Å². The van der Waals surface area contributed by atoms with Crippen molar-refractivity contribution < 1.29 is 0 Å². The fraction of sp³-hybridized carbons (Fsp3) is 0.0417. The lowest BCUT2D eigenvalue weighted by Crippen LogP contribution is -2.31. The summed E-state index contributed by atoms with van der Waals surface area (Å²) in [6.07, 6.45) is 4.83. The van der Waals surface area contributed by atoms with Crippen LogP contribution in [0.25, 0.3) is 56.0 Å². The van der Waals surface area contributed by atoms with Crippen molar-refractivity contribution in [3.05, 3.63) is 205 Å². The van der Waals surface area contributed by atoms with Crippen LogP contribution in [-0.4, -0.2) is 10.6 Å². The minimum absolute atomic E-state index is 0.133. The molecule has 0 spiro atoms. The number of nitrogens with zero attached hydrogens (tertiary/aromatic N) is 2. The van der Waals surface area contributed by atoms with Crippen LogP contribution in [0.1, 0.15) is 22.7 Å². The van der Waals surface area contributed by atoms with Gasteiger partial charge >= 0.3 is 0 Å². The number of benzene rings is 7. The van der Waals surface area contributed by atoms with Crippen molar-refractivity contribution in [2.45, 2.75) is 12.0 Å². The van der Waals surface area contributed by atoms with E-state index in [1.165, 1.54) is 78.2 Å². The average molecular weight is 639 g/mol. The van der Waals surface area contributed by atoms with E-state index >= 15 is 0 Å². The van der Waals surface area contributed by atoms with E-state index in [1.807, 2.05) is 0 Å². The lowest BCUT2D eigenvalue weighted by atomic mass is 9.82. The first-order valence-electron chi connectivity index (χ1n) is 17.4. The third kappa shape index (κ3) is 4.42. The highest BCUT2D eigenvalue weighted by atomic mass is 15.2. The first kappa shape index (κ1) is 28.6. The molecule has 0 saturated carbocycles. The molecule has 2 unspecified atom stereocenters. The van der Waals surface area contributed by atoms with Crippen LogP contribution in [0.3, 0.4) is 0 Å². The molecule has 0 radical (unpaired) electrons. The summed E-state index contributed by atoms with van der Waals surface area (Å²) in [6.45, 7) is 0. The molecule has 2 heteroatoms. The molecule has 0 fully saturated rings. The second kappa shape index (κ2) is 11.6. The average Bonchev–Trinajstić information content (AvgIpc) is 3.71. The van der Waals surface area contributed by atoms with Gasteiger partial charge in [0, 0.05) is 33.8 Å². The molecule has 0 amide bonds. The summed E-state index contributed by atoms with van der Waals surface area (Å²) in [5, 5.41) is 1.31. The van der Waals surface area contributed by atoms with Crippen molar-refractivity contribution >= 4 is 28.4 Å². The number of aromatic nitrogens is 1. The number of para-hydroxylation sites is 4. The quantitative estimate of drug-likeness (QED) is 0.182. The van der Waals surface area contributed by atoms with Crippen LogP contribution >= 0.6 is 0 Å². The zero-order chi connectivity index (χ0) is 33.0. The van der Waals surface area contributed by atoms with Gasteiger partial charge in [0.25, 0.3) is 0 Å². The molecule has 1 aliphatic heterocycles. The van der Waals surface area contributed by atoms with E-state index in [0.717, 1.165) is 0 Å². The first-order chi connectivity index (χ1) is 24.8. The van der Waals surface area contributed by atoms with Crippen LogP contribution in [0.5, 0.6) is 0 Å². The van der Waals surface area contributed by atoms with Crippen molar-refractivity contribution in [1.82, 2.24) is 4.57 Å². The van der Waals surface area contributed by atoms with Crippen molar-refractivity contribution in [2.24, 2.45) is 0 Å². The molecule has 2 atom stereocenters. The smallest absolute Gasteiger partial charge is 0.0637 e. The zero-order valence-corrected chi connectivity index (χ0v) is 27.5. The summed E-state index contributed by atoms with van der Waals surface area (Å²) < 4.78 is 2.49. The van der Waals surface area contributed by atoms with Gasteiger partial charge in [-0.2, -0.15) is 0 Å². The maximum atomic E-state index is 2.59. The Bertz CT molecular complexity index is 2540. The van der Waals surface area contributed by atoms with Gasteiger partial charge in [0.15, 0.2) is 0 Å². The zero-order valence-electron chi connectivity index (χ0n) is 27.5. The van der Waals surface area contributed by atoms with Gasteiger partial charge in [0.2, 0.25) is 0 Å². The number of hydrogen-bond donors (Lipinski definition) is 0. The van der Waals surface area contributed by atoms with Crippen LogP contribution in [0.4, 0.5) is 11.4 Å². The van der Waals surface area contributed by atoms with Gasteiger partial charge in [0.1, 0.15) is 0 Å². The summed E-state index contributed by atoms with van der Waals surface area (Å²) in [6, 6.07) is 66.3. The molecular formula is C48H34N2. The minimum atomic E-state index is 0.133. The lowest BCUT2D eigenvalue weighted by molar-refractivity contribution is 0.726. The van der Waals surface area contributed by atoms with E-state index in [0.29, 0.717) is 0 Å². The van der Waals surface area contributed by atoms with E-state index in [2.05, 4.69) is 204 Å². The maximum Gasteiger partial charge on any atom is 0.0637 e. The number of anilines is 2. The van der Waals surface area contributed by atoms with Gasteiger partial charge in [-0.1, -0.05) is 164 Å². The van der Waals surface area contributed by atoms with Gasteiger partial charge in [-0.25, -0.2) is 0 Å². The molecular weight excluding hydrogens is 605 g/mol. The number of rotatable bonds is 5. The topological polar surface area (TPSA) is 8.17 Å². The van der Waals surface area contributed by atoms with E-state index in [4.69, 9.17) is 0 Å². The van der Waals surface area contributed by atoms with Crippen molar-refractivity contribution in [1.29, 1.82) is 0 Å². The van der Waals surface area contributed by atoms with E-state index < -0.39 is 0 Å². The van der Waals surface area contributed by atoms with Crippen LogP contribution in [0, 0.1) is 0 Å². The summed E-state index contributed by atoms with van der Waals surface area (Å²) >= 11 is 0. The summed E-state index contributed by atoms with van der Waals surface area (Å²) in [5.74, 6) is 0.176. The third-order valence-electron chi connectivity index (χ3n) is 10.6. The molecule has 10 rings (SSSR count). The molecule has 1 aliphatic carbocycles. The summed E-state index contributed by atoms with van der Waals surface area (Å²) in [4.78, 5) is 2.59. The first-order valence-corrected chi connectivity index (χ1v) is 17.4. The Kier molecular flexibility index (Phi) is 6.67. The van der Waals surface area contributed by atoms with Gasteiger partial charge in [-0.3, -0.25) is 0 Å². The van der Waals surface area contributed by atoms with Crippen LogP contribution in [0.15, 0.2) is 188 Å². The van der Waals surface area contributed by atoms with Crippen LogP contribution in [0.2, 0.25) is 0 Å². The minimum Gasteiger partial charge on any atom is -0.333 e. The van der Waals surface area contributed by atoms with Gasteiger partial charge in [-0.15, -0.1) is 0 Å². The molecule has 7 aromatic carbocycles. The second-order valence-corrected chi connectivity index (χ2v) is 13.3. The molecule has 2 aliphatic rings. The van der Waals surface area contributed by atoms with E-state index in [1.54, 1.807) is 0 Å². The number of hydrogen-bond acceptors (Lipinski definition) is 1. The molecule has 0 saturated heterocycles. The van der Waals surface area contributed by atoms with Gasteiger partial charge < -0.3 is 9.47 Å². The monoisotopic (exact) mass is 638 g/mol. The third-order valence-corrected chi connectivity index (χ3v) is 10.6. The normalized spacial score (nSPS) is 15.9. The SMILES string of the molecule is C1=CC2C(c3ccccc3N2c2ccccc2-c2ccc(-c3ccccc3)cc2)c2c1n(-c1ccccc1-c1ccccc1)c1ccccc21. The molecule has 0 bridgehead atoms. The fourth-order valence-electron chi connectivity index (χ4n) is 8.43. The highest BCUT2D eigenvalue weighted by molar-refractivity contribution is 5.96. The Morgan fingerprint density at radius 2 is 0.920 bits per heavy atom. The fourth-order valence-corrected chi connectivity index (χ4v) is 8.43. The van der Waals surface area contributed by atoms with Crippen LogP contribution in [-0.2, 0) is 0 Å².